The summed E-state index contributed by atoms with van der Waals surface area (Å²) in [7, 11) is 0. The molecule has 0 bridgehead atoms. The van der Waals surface area contributed by atoms with E-state index < -0.39 is 23.4 Å². The van der Waals surface area contributed by atoms with Gasteiger partial charge in [-0.2, -0.15) is 0 Å². The van der Waals surface area contributed by atoms with Crippen LogP contribution in [-0.2, 0) is 23.9 Å². The average molecular weight is 321 g/mol. The molecule has 1 aromatic rings. The second-order valence-corrected chi connectivity index (χ2v) is 5.19. The van der Waals surface area contributed by atoms with E-state index in [1.165, 1.54) is 13.8 Å². The van der Waals surface area contributed by atoms with Crippen LogP contribution in [0.3, 0.4) is 0 Å². The van der Waals surface area contributed by atoms with Crippen molar-refractivity contribution < 1.29 is 23.9 Å². The molecule has 126 valence electrons. The van der Waals surface area contributed by atoms with Gasteiger partial charge in [-0.1, -0.05) is 30.3 Å². The molecular formula is C17H23NO5. The van der Waals surface area contributed by atoms with E-state index in [0.717, 1.165) is 0 Å². The van der Waals surface area contributed by atoms with Gasteiger partial charge in [0.25, 0.3) is 0 Å². The number of amides is 1. The molecule has 6 heteroatoms. The van der Waals surface area contributed by atoms with E-state index in [1.54, 1.807) is 44.2 Å². The van der Waals surface area contributed by atoms with Crippen LogP contribution in [0.2, 0.25) is 0 Å². The summed E-state index contributed by atoms with van der Waals surface area (Å²) >= 11 is 0. The normalized spacial score (nSPS) is 12.2. The third kappa shape index (κ3) is 4.31. The summed E-state index contributed by atoms with van der Waals surface area (Å²) < 4.78 is 10.1. The summed E-state index contributed by atoms with van der Waals surface area (Å²) in [6.45, 7) is 6.30. The Kier molecular flexibility index (Phi) is 6.75. The molecule has 0 aliphatic heterocycles. The van der Waals surface area contributed by atoms with E-state index in [2.05, 4.69) is 5.32 Å². The highest BCUT2D eigenvalue weighted by Crippen LogP contribution is 2.36. The fraction of sp³-hybridized carbons (Fsp3) is 0.471. The topological polar surface area (TPSA) is 81.7 Å². The van der Waals surface area contributed by atoms with Gasteiger partial charge in [-0.05, 0) is 26.3 Å². The van der Waals surface area contributed by atoms with Crippen LogP contribution in [0.15, 0.2) is 30.3 Å². The van der Waals surface area contributed by atoms with Crippen molar-refractivity contribution in [3.8, 4) is 0 Å². The molecule has 0 saturated heterocycles. The zero-order chi connectivity index (χ0) is 17.5. The van der Waals surface area contributed by atoms with Crippen molar-refractivity contribution in [2.45, 2.75) is 33.7 Å². The van der Waals surface area contributed by atoms with Gasteiger partial charge in [0, 0.05) is 6.92 Å². The largest absolute Gasteiger partial charge is 0.465 e. The summed E-state index contributed by atoms with van der Waals surface area (Å²) in [5, 5.41) is 2.67. The molecule has 0 saturated carbocycles. The molecule has 0 aliphatic rings. The minimum atomic E-state index is -1.68. The number of carbonyl (C=O) groups is 3. The summed E-state index contributed by atoms with van der Waals surface area (Å²) in [6, 6.07) is 7.91. The lowest BCUT2D eigenvalue weighted by Crippen LogP contribution is -2.50. The number of carbonyl (C=O) groups excluding carboxylic acids is 3. The van der Waals surface area contributed by atoms with Gasteiger partial charge in [0.15, 0.2) is 5.41 Å². The molecule has 1 aromatic carbocycles. The van der Waals surface area contributed by atoms with Crippen LogP contribution in [0.25, 0.3) is 0 Å². The summed E-state index contributed by atoms with van der Waals surface area (Å²) in [6.07, 6.45) is 0. The van der Waals surface area contributed by atoms with Gasteiger partial charge in [-0.15, -0.1) is 0 Å². The Morgan fingerprint density at radius 2 is 1.52 bits per heavy atom. The molecule has 1 amide bonds. The standard InChI is InChI=1S/C17H23NO5/c1-5-22-15(20)17(4,16(21)23-6-2)14(18-12(3)19)13-10-8-7-9-11-13/h7-11,14H,5-6H2,1-4H3,(H,18,19). The molecular weight excluding hydrogens is 298 g/mol. The fourth-order valence-electron chi connectivity index (χ4n) is 2.29. The predicted octanol–water partition coefficient (Wildman–Crippen LogP) is 2.00. The van der Waals surface area contributed by atoms with E-state index in [1.807, 2.05) is 0 Å². The fourth-order valence-corrected chi connectivity index (χ4v) is 2.29. The van der Waals surface area contributed by atoms with E-state index >= 15 is 0 Å². The quantitative estimate of drug-likeness (QED) is 0.613. The van der Waals surface area contributed by atoms with Crippen molar-refractivity contribution in [3.05, 3.63) is 35.9 Å². The Bertz CT molecular complexity index is 537. The molecule has 23 heavy (non-hydrogen) atoms. The first kappa shape index (κ1) is 18.7. The van der Waals surface area contributed by atoms with E-state index in [0.29, 0.717) is 5.56 Å². The number of rotatable bonds is 7. The van der Waals surface area contributed by atoms with Crippen LogP contribution in [0.4, 0.5) is 0 Å². The van der Waals surface area contributed by atoms with Crippen molar-refractivity contribution in [1.82, 2.24) is 5.32 Å². The Hall–Kier alpha value is -2.37. The van der Waals surface area contributed by atoms with Crippen LogP contribution in [-0.4, -0.2) is 31.1 Å². The van der Waals surface area contributed by atoms with Crippen molar-refractivity contribution in [1.29, 1.82) is 0 Å². The molecule has 0 aromatic heterocycles. The zero-order valence-electron chi connectivity index (χ0n) is 13.9. The third-order valence-corrected chi connectivity index (χ3v) is 3.46. The van der Waals surface area contributed by atoms with Gasteiger partial charge in [0.05, 0.1) is 19.3 Å². The number of hydrogen-bond donors (Lipinski definition) is 1. The zero-order valence-corrected chi connectivity index (χ0v) is 13.9. The highest BCUT2D eigenvalue weighted by Gasteiger charge is 2.52. The number of esters is 2. The molecule has 0 heterocycles. The van der Waals surface area contributed by atoms with Gasteiger partial charge >= 0.3 is 11.9 Å². The lowest BCUT2D eigenvalue weighted by Gasteiger charge is -2.33. The van der Waals surface area contributed by atoms with Gasteiger partial charge in [-0.25, -0.2) is 0 Å². The minimum Gasteiger partial charge on any atom is -0.465 e. The number of hydrogen-bond acceptors (Lipinski definition) is 5. The Morgan fingerprint density at radius 3 is 1.91 bits per heavy atom. The first-order valence-corrected chi connectivity index (χ1v) is 7.54. The van der Waals surface area contributed by atoms with Crippen molar-refractivity contribution in [2.75, 3.05) is 13.2 Å². The monoisotopic (exact) mass is 321 g/mol. The minimum absolute atomic E-state index is 0.120. The maximum atomic E-state index is 12.5. The average Bonchev–Trinajstić information content (AvgIpc) is 2.53. The van der Waals surface area contributed by atoms with Crippen molar-refractivity contribution in [2.24, 2.45) is 5.41 Å². The van der Waals surface area contributed by atoms with Crippen molar-refractivity contribution >= 4 is 17.8 Å². The van der Waals surface area contributed by atoms with Gasteiger partial charge in [0.2, 0.25) is 5.91 Å². The smallest absolute Gasteiger partial charge is 0.325 e. The summed E-state index contributed by atoms with van der Waals surface area (Å²) in [5.41, 5.74) is -1.06. The molecule has 0 radical (unpaired) electrons. The lowest BCUT2D eigenvalue weighted by molar-refractivity contribution is -0.173. The molecule has 0 spiro atoms. The maximum Gasteiger partial charge on any atom is 0.325 e. The summed E-state index contributed by atoms with van der Waals surface area (Å²) in [4.78, 5) is 36.6. The SMILES string of the molecule is CCOC(=O)C(C)(C(=O)OCC)C(NC(C)=O)c1ccccc1. The first-order valence-electron chi connectivity index (χ1n) is 7.54. The molecule has 1 rings (SSSR count). The first-order chi connectivity index (χ1) is 10.9. The maximum absolute atomic E-state index is 12.5. The van der Waals surface area contributed by atoms with Crippen LogP contribution in [0, 0.1) is 5.41 Å². The van der Waals surface area contributed by atoms with E-state index in [-0.39, 0.29) is 19.1 Å². The van der Waals surface area contributed by atoms with Gasteiger partial charge in [-0.3, -0.25) is 14.4 Å². The third-order valence-electron chi connectivity index (χ3n) is 3.46. The Morgan fingerprint density at radius 1 is 1.04 bits per heavy atom. The molecule has 0 fully saturated rings. The van der Waals surface area contributed by atoms with Gasteiger partial charge < -0.3 is 14.8 Å². The van der Waals surface area contributed by atoms with Crippen molar-refractivity contribution in [3.63, 3.8) is 0 Å². The lowest BCUT2D eigenvalue weighted by atomic mass is 9.78. The van der Waals surface area contributed by atoms with Crippen LogP contribution in [0.1, 0.15) is 39.3 Å². The van der Waals surface area contributed by atoms with Crippen LogP contribution in [0.5, 0.6) is 0 Å². The molecule has 6 nitrogen and oxygen atoms in total. The van der Waals surface area contributed by atoms with E-state index in [4.69, 9.17) is 9.47 Å². The number of nitrogens with one attached hydrogen (secondary N) is 1. The molecule has 1 unspecified atom stereocenters. The second-order valence-electron chi connectivity index (χ2n) is 5.19. The van der Waals surface area contributed by atoms with Gasteiger partial charge in [0.1, 0.15) is 0 Å². The highest BCUT2D eigenvalue weighted by atomic mass is 16.6. The van der Waals surface area contributed by atoms with Crippen LogP contribution < -0.4 is 5.32 Å². The summed E-state index contributed by atoms with van der Waals surface area (Å²) in [5.74, 6) is -1.83. The number of benzene rings is 1. The second kappa shape index (κ2) is 8.31. The Balaban J connectivity index is 3.39. The molecule has 0 aliphatic carbocycles. The number of ether oxygens (including phenoxy) is 2. The Labute approximate surface area is 136 Å². The van der Waals surface area contributed by atoms with Crippen LogP contribution >= 0.6 is 0 Å². The predicted molar refractivity (Wildman–Crippen MR) is 84.4 cm³/mol. The highest BCUT2D eigenvalue weighted by molar-refractivity contribution is 6.01. The molecule has 1 N–H and O–H groups in total. The molecule has 1 atom stereocenters. The van der Waals surface area contributed by atoms with E-state index in [9.17, 15) is 14.4 Å².